The summed E-state index contributed by atoms with van der Waals surface area (Å²) in [5, 5.41) is 8.44. The summed E-state index contributed by atoms with van der Waals surface area (Å²) in [6.07, 6.45) is -0.323. The molecule has 0 fully saturated rings. The van der Waals surface area contributed by atoms with Crippen LogP contribution in [0.2, 0.25) is 5.02 Å². The topological polar surface area (TPSA) is 74.7 Å². The quantitative estimate of drug-likeness (QED) is 0.872. The average molecular weight is 324 g/mol. The molecule has 1 rings (SSSR count). The smallest absolute Gasteiger partial charge is 0.304 e. The Kier molecular flexibility index (Phi) is 5.50. The Labute approximate surface area is 122 Å². The van der Waals surface area contributed by atoms with E-state index in [9.17, 15) is 17.6 Å². The second-order valence-electron chi connectivity index (χ2n) is 4.43. The highest BCUT2D eigenvalue weighted by Gasteiger charge is 2.29. The van der Waals surface area contributed by atoms with Gasteiger partial charge in [-0.3, -0.25) is 4.79 Å². The third-order valence-corrected chi connectivity index (χ3v) is 5.16. The van der Waals surface area contributed by atoms with Crippen LogP contribution in [0.5, 0.6) is 0 Å². The normalized spacial score (nSPS) is 12.1. The summed E-state index contributed by atoms with van der Waals surface area (Å²) in [5.41, 5.74) is 0. The van der Waals surface area contributed by atoms with Crippen molar-refractivity contribution in [1.82, 2.24) is 4.31 Å². The fourth-order valence-electron chi connectivity index (χ4n) is 1.67. The molecule has 0 aliphatic heterocycles. The molecule has 1 aromatic rings. The number of hydrogen-bond donors (Lipinski definition) is 1. The van der Waals surface area contributed by atoms with Crippen molar-refractivity contribution < 1.29 is 22.7 Å². The zero-order valence-corrected chi connectivity index (χ0v) is 12.6. The largest absolute Gasteiger partial charge is 0.481 e. The van der Waals surface area contributed by atoms with Gasteiger partial charge in [0.1, 0.15) is 10.7 Å². The molecule has 8 heteroatoms. The molecule has 0 aliphatic rings. The molecule has 0 unspecified atom stereocenters. The van der Waals surface area contributed by atoms with Crippen LogP contribution in [0.1, 0.15) is 20.3 Å². The van der Waals surface area contributed by atoms with Crippen molar-refractivity contribution in [1.29, 1.82) is 0 Å². The predicted octanol–water partition coefficient (Wildman–Crippen LogP) is 2.35. The lowest BCUT2D eigenvalue weighted by molar-refractivity contribution is -0.137. The molecule has 0 aromatic heterocycles. The number of hydrogen-bond acceptors (Lipinski definition) is 3. The Bertz CT molecular complexity index is 603. The van der Waals surface area contributed by atoms with E-state index in [0.29, 0.717) is 0 Å². The lowest BCUT2D eigenvalue weighted by atomic mass is 10.3. The fraction of sp³-hybridized carbons (Fsp3) is 0.417. The van der Waals surface area contributed by atoms with E-state index in [0.717, 1.165) is 22.5 Å². The molecule has 20 heavy (non-hydrogen) atoms. The van der Waals surface area contributed by atoms with Crippen molar-refractivity contribution in [3.63, 3.8) is 0 Å². The number of halogens is 2. The first-order valence-electron chi connectivity index (χ1n) is 5.85. The average Bonchev–Trinajstić information content (AvgIpc) is 2.26. The van der Waals surface area contributed by atoms with Gasteiger partial charge < -0.3 is 5.11 Å². The number of carboxylic acid groups (broad SMARTS) is 1. The first-order chi connectivity index (χ1) is 9.16. The van der Waals surface area contributed by atoms with Crippen LogP contribution in [0.4, 0.5) is 4.39 Å². The van der Waals surface area contributed by atoms with Crippen LogP contribution >= 0.6 is 11.6 Å². The maximum atomic E-state index is 13.0. The van der Waals surface area contributed by atoms with Crippen LogP contribution < -0.4 is 0 Å². The highest BCUT2D eigenvalue weighted by molar-refractivity contribution is 7.89. The second kappa shape index (κ2) is 6.51. The van der Waals surface area contributed by atoms with Gasteiger partial charge in [0, 0.05) is 12.6 Å². The van der Waals surface area contributed by atoms with Gasteiger partial charge in [0.2, 0.25) is 10.0 Å². The molecule has 0 saturated heterocycles. The van der Waals surface area contributed by atoms with Crippen molar-refractivity contribution >= 4 is 27.6 Å². The Balaban J connectivity index is 3.19. The third kappa shape index (κ3) is 3.91. The standard InChI is InChI=1S/C12H15ClFNO4S/c1-8(2)15(6-5-12(16)17)20(18,19)11-4-3-9(14)7-10(11)13/h3-4,7-8H,5-6H2,1-2H3,(H,16,17). The van der Waals surface area contributed by atoms with Gasteiger partial charge in [-0.1, -0.05) is 11.6 Å². The van der Waals surface area contributed by atoms with Crippen LogP contribution in [0.15, 0.2) is 23.1 Å². The molecule has 1 aromatic carbocycles. The number of nitrogens with zero attached hydrogens (tertiary/aromatic N) is 1. The van der Waals surface area contributed by atoms with E-state index in [1.807, 2.05) is 0 Å². The van der Waals surface area contributed by atoms with Gasteiger partial charge in [-0.2, -0.15) is 4.31 Å². The summed E-state index contributed by atoms with van der Waals surface area (Å²) < 4.78 is 38.9. The van der Waals surface area contributed by atoms with E-state index in [1.54, 1.807) is 13.8 Å². The minimum Gasteiger partial charge on any atom is -0.481 e. The number of rotatable bonds is 6. The van der Waals surface area contributed by atoms with Gasteiger partial charge in [-0.05, 0) is 32.0 Å². The summed E-state index contributed by atoms with van der Waals surface area (Å²) in [6.45, 7) is 3.07. The van der Waals surface area contributed by atoms with Crippen molar-refractivity contribution in [2.75, 3.05) is 6.54 Å². The minimum absolute atomic E-state index is 0.178. The summed E-state index contributed by atoms with van der Waals surface area (Å²) in [7, 11) is -3.97. The lowest BCUT2D eigenvalue weighted by Gasteiger charge is -2.25. The van der Waals surface area contributed by atoms with Crippen molar-refractivity contribution in [2.45, 2.75) is 31.2 Å². The summed E-state index contributed by atoms with van der Waals surface area (Å²) >= 11 is 5.76. The van der Waals surface area contributed by atoms with E-state index in [2.05, 4.69) is 0 Å². The van der Waals surface area contributed by atoms with Crippen LogP contribution in [-0.2, 0) is 14.8 Å². The Morgan fingerprint density at radius 2 is 2.05 bits per heavy atom. The van der Waals surface area contributed by atoms with Gasteiger partial charge in [0.25, 0.3) is 0 Å². The van der Waals surface area contributed by atoms with E-state index in [1.165, 1.54) is 0 Å². The zero-order valence-electron chi connectivity index (χ0n) is 11.0. The van der Waals surface area contributed by atoms with Crippen LogP contribution in [0.25, 0.3) is 0 Å². The number of benzene rings is 1. The Morgan fingerprint density at radius 3 is 2.50 bits per heavy atom. The number of carbonyl (C=O) groups is 1. The Morgan fingerprint density at radius 1 is 1.45 bits per heavy atom. The highest BCUT2D eigenvalue weighted by atomic mass is 35.5. The second-order valence-corrected chi connectivity index (χ2v) is 6.69. The summed E-state index contributed by atoms with van der Waals surface area (Å²) in [6, 6.07) is 2.53. The van der Waals surface area contributed by atoms with Gasteiger partial charge >= 0.3 is 5.97 Å². The molecular weight excluding hydrogens is 309 g/mol. The summed E-state index contributed by atoms with van der Waals surface area (Å²) in [4.78, 5) is 10.4. The molecule has 0 saturated carbocycles. The van der Waals surface area contributed by atoms with E-state index in [-0.39, 0.29) is 22.9 Å². The van der Waals surface area contributed by atoms with E-state index in [4.69, 9.17) is 16.7 Å². The maximum absolute atomic E-state index is 13.0. The van der Waals surface area contributed by atoms with E-state index >= 15 is 0 Å². The highest BCUT2D eigenvalue weighted by Crippen LogP contribution is 2.26. The summed E-state index contributed by atoms with van der Waals surface area (Å²) in [5.74, 6) is -1.74. The monoisotopic (exact) mass is 323 g/mol. The SMILES string of the molecule is CC(C)N(CCC(=O)O)S(=O)(=O)c1ccc(F)cc1Cl. The molecule has 0 radical (unpaired) electrons. The maximum Gasteiger partial charge on any atom is 0.304 e. The van der Waals surface area contributed by atoms with Crippen LogP contribution in [0, 0.1) is 5.82 Å². The molecule has 0 spiro atoms. The van der Waals surface area contributed by atoms with Crippen LogP contribution in [0.3, 0.4) is 0 Å². The first-order valence-corrected chi connectivity index (χ1v) is 7.66. The molecule has 5 nitrogen and oxygen atoms in total. The molecule has 0 amide bonds. The molecule has 112 valence electrons. The first kappa shape index (κ1) is 16.9. The molecular formula is C12H15ClFNO4S. The van der Waals surface area contributed by atoms with Gasteiger partial charge in [0.15, 0.2) is 0 Å². The van der Waals surface area contributed by atoms with Gasteiger partial charge in [-0.15, -0.1) is 0 Å². The third-order valence-electron chi connectivity index (χ3n) is 2.60. The molecule has 0 atom stereocenters. The molecule has 0 aliphatic carbocycles. The predicted molar refractivity (Wildman–Crippen MR) is 72.7 cm³/mol. The van der Waals surface area contributed by atoms with E-state index < -0.39 is 27.9 Å². The van der Waals surface area contributed by atoms with Gasteiger partial charge in [0.05, 0.1) is 11.4 Å². The van der Waals surface area contributed by atoms with Crippen LogP contribution in [-0.4, -0.2) is 36.4 Å². The van der Waals surface area contributed by atoms with Gasteiger partial charge in [-0.25, -0.2) is 12.8 Å². The number of sulfonamides is 1. The van der Waals surface area contributed by atoms with Crippen molar-refractivity contribution in [3.05, 3.63) is 29.0 Å². The molecule has 0 heterocycles. The Hall–Kier alpha value is -1.18. The fourth-order valence-corrected chi connectivity index (χ4v) is 3.82. The minimum atomic E-state index is -3.97. The number of aliphatic carboxylic acids is 1. The lowest BCUT2D eigenvalue weighted by Crippen LogP contribution is -2.38. The molecule has 1 N–H and O–H groups in total. The zero-order chi connectivity index (χ0) is 15.5. The molecule has 0 bridgehead atoms. The van der Waals surface area contributed by atoms with Crippen molar-refractivity contribution in [3.8, 4) is 0 Å². The number of carboxylic acids is 1. The van der Waals surface area contributed by atoms with Crippen molar-refractivity contribution in [2.24, 2.45) is 0 Å².